The van der Waals surface area contributed by atoms with Gasteiger partial charge in [-0.05, 0) is 42.3 Å². The zero-order valence-corrected chi connectivity index (χ0v) is 10.4. The molecule has 2 nitrogen and oxygen atoms in total. The standard InChI is InChI=1S/C15H14F2O2/c1-10(18)12-3-2-4-13(8-12)19-9-11-5-6-14(16)15(17)7-11/h2-8,10,18H,9H2,1H3/t10-/m0/s1. The lowest BCUT2D eigenvalue weighted by molar-refractivity contribution is 0.198. The Hall–Kier alpha value is -1.94. The van der Waals surface area contributed by atoms with Crippen LogP contribution in [0.5, 0.6) is 5.75 Å². The Kier molecular flexibility index (Phi) is 4.12. The maximum absolute atomic E-state index is 13.0. The van der Waals surface area contributed by atoms with Crippen molar-refractivity contribution in [3.05, 3.63) is 65.2 Å². The minimum Gasteiger partial charge on any atom is -0.489 e. The fraction of sp³-hybridized carbons (Fsp3) is 0.200. The summed E-state index contributed by atoms with van der Waals surface area (Å²) < 4.78 is 31.2. The van der Waals surface area contributed by atoms with Crippen molar-refractivity contribution in [2.24, 2.45) is 0 Å². The number of hydrogen-bond donors (Lipinski definition) is 1. The highest BCUT2D eigenvalue weighted by Gasteiger charge is 2.05. The summed E-state index contributed by atoms with van der Waals surface area (Å²) in [6.07, 6.45) is -0.577. The lowest BCUT2D eigenvalue weighted by atomic mass is 10.1. The van der Waals surface area contributed by atoms with Crippen LogP contribution in [0.15, 0.2) is 42.5 Å². The molecular formula is C15H14F2O2. The quantitative estimate of drug-likeness (QED) is 0.914. The average Bonchev–Trinajstić information content (AvgIpc) is 2.40. The molecule has 0 aliphatic heterocycles. The average molecular weight is 264 g/mol. The van der Waals surface area contributed by atoms with Gasteiger partial charge in [0, 0.05) is 0 Å². The predicted molar refractivity (Wildman–Crippen MR) is 67.8 cm³/mol. The van der Waals surface area contributed by atoms with E-state index in [1.165, 1.54) is 6.07 Å². The summed E-state index contributed by atoms with van der Waals surface area (Å²) in [5.74, 6) is -1.19. The number of aliphatic hydroxyl groups excluding tert-OH is 1. The molecular weight excluding hydrogens is 250 g/mol. The van der Waals surface area contributed by atoms with Crippen LogP contribution < -0.4 is 4.74 Å². The first-order valence-corrected chi connectivity index (χ1v) is 5.91. The highest BCUT2D eigenvalue weighted by molar-refractivity contribution is 5.30. The van der Waals surface area contributed by atoms with Crippen molar-refractivity contribution in [2.45, 2.75) is 19.6 Å². The van der Waals surface area contributed by atoms with Gasteiger partial charge in [0.05, 0.1) is 6.10 Å². The summed E-state index contributed by atoms with van der Waals surface area (Å²) in [5, 5.41) is 9.45. The molecule has 0 spiro atoms. The molecule has 0 aliphatic carbocycles. The summed E-state index contributed by atoms with van der Waals surface area (Å²) in [5.41, 5.74) is 1.28. The van der Waals surface area contributed by atoms with Gasteiger partial charge in [-0.25, -0.2) is 8.78 Å². The summed E-state index contributed by atoms with van der Waals surface area (Å²) in [6, 6.07) is 10.7. The highest BCUT2D eigenvalue weighted by Crippen LogP contribution is 2.20. The Balaban J connectivity index is 2.05. The second-order valence-corrected chi connectivity index (χ2v) is 4.29. The van der Waals surface area contributed by atoms with Gasteiger partial charge in [-0.15, -0.1) is 0 Å². The third-order valence-corrected chi connectivity index (χ3v) is 2.73. The van der Waals surface area contributed by atoms with Crippen LogP contribution in [0.4, 0.5) is 8.78 Å². The molecule has 2 aromatic carbocycles. The molecule has 1 N–H and O–H groups in total. The summed E-state index contributed by atoms with van der Waals surface area (Å²) in [6.45, 7) is 1.80. The van der Waals surface area contributed by atoms with E-state index in [9.17, 15) is 13.9 Å². The normalized spacial score (nSPS) is 12.2. The highest BCUT2D eigenvalue weighted by atomic mass is 19.2. The van der Waals surface area contributed by atoms with E-state index in [4.69, 9.17) is 4.74 Å². The van der Waals surface area contributed by atoms with Crippen molar-refractivity contribution in [3.8, 4) is 5.75 Å². The Bertz CT molecular complexity index is 568. The van der Waals surface area contributed by atoms with Crippen LogP contribution in [0.25, 0.3) is 0 Å². The number of halogens is 2. The molecule has 0 heterocycles. The summed E-state index contributed by atoms with van der Waals surface area (Å²) in [7, 11) is 0. The van der Waals surface area contributed by atoms with E-state index in [1.54, 1.807) is 31.2 Å². The largest absolute Gasteiger partial charge is 0.489 e. The molecule has 0 aromatic heterocycles. The molecule has 4 heteroatoms. The van der Waals surface area contributed by atoms with Crippen molar-refractivity contribution in [1.29, 1.82) is 0 Å². The first-order valence-electron chi connectivity index (χ1n) is 5.91. The van der Waals surface area contributed by atoms with Crippen LogP contribution >= 0.6 is 0 Å². The fourth-order valence-corrected chi connectivity index (χ4v) is 1.66. The minimum absolute atomic E-state index is 0.139. The van der Waals surface area contributed by atoms with E-state index >= 15 is 0 Å². The molecule has 0 saturated heterocycles. The fourth-order valence-electron chi connectivity index (χ4n) is 1.66. The van der Waals surface area contributed by atoms with E-state index in [-0.39, 0.29) is 6.61 Å². The van der Waals surface area contributed by atoms with Crippen molar-refractivity contribution >= 4 is 0 Å². The monoisotopic (exact) mass is 264 g/mol. The van der Waals surface area contributed by atoms with Gasteiger partial charge in [0.15, 0.2) is 11.6 Å². The lowest BCUT2D eigenvalue weighted by Crippen LogP contribution is -1.98. The van der Waals surface area contributed by atoms with E-state index < -0.39 is 17.7 Å². The van der Waals surface area contributed by atoms with Crippen molar-refractivity contribution in [1.82, 2.24) is 0 Å². The first kappa shape index (κ1) is 13.5. The van der Waals surface area contributed by atoms with Crippen LogP contribution in [0.1, 0.15) is 24.2 Å². The predicted octanol–water partition coefficient (Wildman–Crippen LogP) is 3.60. The van der Waals surface area contributed by atoms with Gasteiger partial charge >= 0.3 is 0 Å². The number of rotatable bonds is 4. The van der Waals surface area contributed by atoms with Crippen LogP contribution in [-0.4, -0.2) is 5.11 Å². The summed E-state index contributed by atoms with van der Waals surface area (Å²) >= 11 is 0. The summed E-state index contributed by atoms with van der Waals surface area (Å²) in [4.78, 5) is 0. The van der Waals surface area contributed by atoms with E-state index in [2.05, 4.69) is 0 Å². The Morgan fingerprint density at radius 3 is 2.58 bits per heavy atom. The SMILES string of the molecule is C[C@H](O)c1cccc(OCc2ccc(F)c(F)c2)c1. The van der Waals surface area contributed by atoms with E-state index in [0.717, 1.165) is 17.7 Å². The van der Waals surface area contributed by atoms with Gasteiger partial charge in [-0.3, -0.25) is 0 Å². The molecule has 0 aliphatic rings. The molecule has 0 amide bonds. The van der Waals surface area contributed by atoms with Crippen molar-refractivity contribution < 1.29 is 18.6 Å². The molecule has 0 fully saturated rings. The second kappa shape index (κ2) is 5.80. The maximum atomic E-state index is 13.0. The van der Waals surface area contributed by atoms with Gasteiger partial charge in [0.2, 0.25) is 0 Å². The third-order valence-electron chi connectivity index (χ3n) is 2.73. The second-order valence-electron chi connectivity index (χ2n) is 4.29. The van der Waals surface area contributed by atoms with Gasteiger partial charge in [0.1, 0.15) is 12.4 Å². The minimum atomic E-state index is -0.890. The van der Waals surface area contributed by atoms with Crippen LogP contribution in [-0.2, 0) is 6.61 Å². The first-order chi connectivity index (χ1) is 9.06. The Morgan fingerprint density at radius 1 is 1.11 bits per heavy atom. The van der Waals surface area contributed by atoms with Crippen molar-refractivity contribution in [2.75, 3.05) is 0 Å². The zero-order chi connectivity index (χ0) is 13.8. The maximum Gasteiger partial charge on any atom is 0.159 e. The smallest absolute Gasteiger partial charge is 0.159 e. The number of aliphatic hydroxyl groups is 1. The molecule has 100 valence electrons. The molecule has 19 heavy (non-hydrogen) atoms. The molecule has 0 unspecified atom stereocenters. The topological polar surface area (TPSA) is 29.5 Å². The van der Waals surface area contributed by atoms with Crippen LogP contribution in [0.3, 0.4) is 0 Å². The number of ether oxygens (including phenoxy) is 1. The van der Waals surface area contributed by atoms with Crippen LogP contribution in [0.2, 0.25) is 0 Å². The van der Waals surface area contributed by atoms with E-state index in [0.29, 0.717) is 11.3 Å². The van der Waals surface area contributed by atoms with Gasteiger partial charge < -0.3 is 9.84 Å². The molecule has 0 bridgehead atoms. The molecule has 0 radical (unpaired) electrons. The third kappa shape index (κ3) is 3.51. The molecule has 2 rings (SSSR count). The van der Waals surface area contributed by atoms with Crippen LogP contribution in [0, 0.1) is 11.6 Å². The molecule has 1 atom stereocenters. The Labute approximate surface area is 110 Å². The zero-order valence-electron chi connectivity index (χ0n) is 10.4. The lowest BCUT2D eigenvalue weighted by Gasteiger charge is -2.09. The van der Waals surface area contributed by atoms with Crippen molar-refractivity contribution in [3.63, 3.8) is 0 Å². The van der Waals surface area contributed by atoms with Gasteiger partial charge in [-0.1, -0.05) is 18.2 Å². The molecule has 0 saturated carbocycles. The molecule has 2 aromatic rings. The number of benzene rings is 2. The van der Waals surface area contributed by atoms with Gasteiger partial charge in [-0.2, -0.15) is 0 Å². The van der Waals surface area contributed by atoms with Gasteiger partial charge in [0.25, 0.3) is 0 Å². The Morgan fingerprint density at radius 2 is 1.89 bits per heavy atom. The number of hydrogen-bond acceptors (Lipinski definition) is 2. The van der Waals surface area contributed by atoms with E-state index in [1.807, 2.05) is 0 Å².